The van der Waals surface area contributed by atoms with Crippen LogP contribution in [0, 0.1) is 0 Å². The second-order valence-electron chi connectivity index (χ2n) is 3.04. The van der Waals surface area contributed by atoms with Gasteiger partial charge < -0.3 is 14.3 Å². The number of rotatable bonds is 5. The lowest BCUT2D eigenvalue weighted by Crippen LogP contribution is -2.10. The van der Waals surface area contributed by atoms with Crippen LogP contribution in [0.5, 0.6) is 0 Å². The van der Waals surface area contributed by atoms with Crippen molar-refractivity contribution in [3.63, 3.8) is 0 Å². The van der Waals surface area contributed by atoms with Crippen LogP contribution in [-0.2, 0) is 9.53 Å². The van der Waals surface area contributed by atoms with Crippen molar-refractivity contribution in [2.45, 2.75) is 19.8 Å². The molecule has 0 aliphatic heterocycles. The Bertz CT molecular complexity index is 260. The van der Waals surface area contributed by atoms with Crippen molar-refractivity contribution < 1.29 is 19.1 Å². The Hall–Kier alpha value is -1.55. The van der Waals surface area contributed by atoms with Crippen LogP contribution in [0.4, 0.5) is 0 Å². The molecule has 1 aromatic heterocycles. The Morgan fingerprint density at radius 3 is 2.44 bits per heavy atom. The first-order valence-electron chi connectivity index (χ1n) is 5.15. The third kappa shape index (κ3) is 7.82. The Morgan fingerprint density at radius 2 is 2.06 bits per heavy atom. The summed E-state index contributed by atoms with van der Waals surface area (Å²) in [6.07, 6.45) is 5.09. The summed E-state index contributed by atoms with van der Waals surface area (Å²) < 4.78 is 9.32. The van der Waals surface area contributed by atoms with Gasteiger partial charge in [0.15, 0.2) is 0 Å². The van der Waals surface area contributed by atoms with Crippen LogP contribution in [0.3, 0.4) is 0 Å². The van der Waals surface area contributed by atoms with Crippen molar-refractivity contribution in [2.24, 2.45) is 0 Å². The minimum atomic E-state index is -0.499. The molecule has 0 spiro atoms. The van der Waals surface area contributed by atoms with E-state index in [-0.39, 0.29) is 12.2 Å². The molecule has 0 atom stereocenters. The molecule has 0 unspecified atom stereocenters. The summed E-state index contributed by atoms with van der Waals surface area (Å²) in [5.74, 6) is -0.499. The van der Waals surface area contributed by atoms with Crippen LogP contribution in [0.15, 0.2) is 41.2 Å². The molecule has 0 radical (unpaired) electrons. The second kappa shape index (κ2) is 9.98. The van der Waals surface area contributed by atoms with Gasteiger partial charge in [-0.2, -0.15) is 0 Å². The van der Waals surface area contributed by atoms with E-state index in [1.165, 1.54) is 0 Å². The molecule has 0 fully saturated rings. The molecule has 0 aliphatic carbocycles. The first-order chi connectivity index (χ1) is 7.72. The maximum atomic E-state index is 10.8. The fourth-order valence-electron chi connectivity index (χ4n) is 0.703. The van der Waals surface area contributed by atoms with E-state index in [0.717, 1.165) is 12.8 Å². The van der Waals surface area contributed by atoms with E-state index in [2.05, 4.69) is 11.0 Å². The maximum Gasteiger partial charge on any atom is 0.335 e. The summed E-state index contributed by atoms with van der Waals surface area (Å²) in [4.78, 5) is 10.8. The summed E-state index contributed by atoms with van der Waals surface area (Å²) in [7, 11) is 0. The van der Waals surface area contributed by atoms with Crippen molar-refractivity contribution >= 4 is 5.97 Å². The molecule has 90 valence electrons. The summed E-state index contributed by atoms with van der Waals surface area (Å²) >= 11 is 0. The summed E-state index contributed by atoms with van der Waals surface area (Å²) in [6.45, 7) is 5.42. The average molecular weight is 226 g/mol. The highest BCUT2D eigenvalue weighted by Crippen LogP contribution is 1.95. The standard InChI is InChI=1S/C8H14O3.C4H4O/c1-3-4-5-11-8(10)7(2)6-9;1-2-4-5-3-1/h9H,2-6H2,1H3;1-4H. The van der Waals surface area contributed by atoms with Gasteiger partial charge in [0.2, 0.25) is 0 Å². The highest BCUT2D eigenvalue weighted by molar-refractivity contribution is 5.87. The molecule has 1 aromatic rings. The fourth-order valence-corrected chi connectivity index (χ4v) is 0.703. The summed E-state index contributed by atoms with van der Waals surface area (Å²) in [5.41, 5.74) is 0.112. The van der Waals surface area contributed by atoms with Gasteiger partial charge in [-0.1, -0.05) is 19.9 Å². The maximum absolute atomic E-state index is 10.8. The molecule has 1 rings (SSSR count). The SMILES string of the molecule is C=C(CO)C(=O)OCCCC.c1ccoc1. The number of carbonyl (C=O) groups excluding carboxylic acids is 1. The Kier molecular flexibility index (Phi) is 9.02. The molecular formula is C12H18O4. The highest BCUT2D eigenvalue weighted by Gasteiger charge is 2.05. The van der Waals surface area contributed by atoms with Gasteiger partial charge in [-0.05, 0) is 18.6 Å². The third-order valence-electron chi connectivity index (χ3n) is 1.64. The topological polar surface area (TPSA) is 59.7 Å². The van der Waals surface area contributed by atoms with E-state index in [0.29, 0.717) is 6.61 Å². The zero-order chi connectivity index (χ0) is 12.2. The van der Waals surface area contributed by atoms with Crippen molar-refractivity contribution in [3.8, 4) is 0 Å². The average Bonchev–Trinajstić information content (AvgIpc) is 2.86. The van der Waals surface area contributed by atoms with Crippen molar-refractivity contribution in [1.82, 2.24) is 0 Å². The lowest BCUT2D eigenvalue weighted by molar-refractivity contribution is -0.139. The molecule has 0 aromatic carbocycles. The monoisotopic (exact) mass is 226 g/mol. The molecule has 0 saturated carbocycles. The van der Waals surface area contributed by atoms with Crippen molar-refractivity contribution in [1.29, 1.82) is 0 Å². The van der Waals surface area contributed by atoms with Gasteiger partial charge in [0.1, 0.15) is 0 Å². The van der Waals surface area contributed by atoms with Gasteiger partial charge in [0.05, 0.1) is 31.3 Å². The zero-order valence-electron chi connectivity index (χ0n) is 9.52. The second-order valence-corrected chi connectivity index (χ2v) is 3.04. The summed E-state index contributed by atoms with van der Waals surface area (Å²) in [5, 5.41) is 8.46. The fraction of sp³-hybridized carbons (Fsp3) is 0.417. The molecule has 0 saturated heterocycles. The molecular weight excluding hydrogens is 208 g/mol. The Balaban J connectivity index is 0.000000368. The first-order valence-corrected chi connectivity index (χ1v) is 5.15. The minimum Gasteiger partial charge on any atom is -0.473 e. The smallest absolute Gasteiger partial charge is 0.335 e. The molecule has 1 heterocycles. The van der Waals surface area contributed by atoms with Crippen LogP contribution < -0.4 is 0 Å². The quantitative estimate of drug-likeness (QED) is 0.475. The normalized spacial score (nSPS) is 8.88. The van der Waals surface area contributed by atoms with Gasteiger partial charge >= 0.3 is 5.97 Å². The van der Waals surface area contributed by atoms with Crippen LogP contribution in [-0.4, -0.2) is 24.3 Å². The third-order valence-corrected chi connectivity index (χ3v) is 1.64. The van der Waals surface area contributed by atoms with Crippen molar-refractivity contribution in [2.75, 3.05) is 13.2 Å². The lowest BCUT2D eigenvalue weighted by Gasteiger charge is -2.02. The number of aliphatic hydroxyl groups is 1. The Labute approximate surface area is 95.5 Å². The summed E-state index contributed by atoms with van der Waals surface area (Å²) in [6, 6.07) is 3.67. The van der Waals surface area contributed by atoms with E-state index in [9.17, 15) is 4.79 Å². The number of furan rings is 1. The van der Waals surface area contributed by atoms with Gasteiger partial charge in [-0.3, -0.25) is 0 Å². The number of esters is 1. The number of unbranched alkanes of at least 4 members (excludes halogenated alkanes) is 1. The molecule has 0 bridgehead atoms. The predicted molar refractivity (Wildman–Crippen MR) is 60.8 cm³/mol. The number of hydrogen-bond donors (Lipinski definition) is 1. The molecule has 0 amide bonds. The van der Waals surface area contributed by atoms with E-state index in [1.54, 1.807) is 12.5 Å². The van der Waals surface area contributed by atoms with Crippen LogP contribution in [0.25, 0.3) is 0 Å². The van der Waals surface area contributed by atoms with E-state index in [4.69, 9.17) is 9.84 Å². The molecule has 4 heteroatoms. The Morgan fingerprint density at radius 1 is 1.44 bits per heavy atom. The van der Waals surface area contributed by atoms with E-state index >= 15 is 0 Å². The number of carbonyl (C=O) groups is 1. The lowest BCUT2D eigenvalue weighted by atomic mass is 10.3. The number of ether oxygens (including phenoxy) is 1. The van der Waals surface area contributed by atoms with E-state index < -0.39 is 5.97 Å². The highest BCUT2D eigenvalue weighted by atomic mass is 16.5. The van der Waals surface area contributed by atoms with Gasteiger partial charge in [0, 0.05) is 0 Å². The molecule has 1 N–H and O–H groups in total. The predicted octanol–water partition coefficient (Wildman–Crippen LogP) is 2.16. The minimum absolute atomic E-state index is 0.112. The molecule has 4 nitrogen and oxygen atoms in total. The van der Waals surface area contributed by atoms with E-state index in [1.807, 2.05) is 19.1 Å². The van der Waals surface area contributed by atoms with Crippen LogP contribution in [0.2, 0.25) is 0 Å². The largest absolute Gasteiger partial charge is 0.473 e. The van der Waals surface area contributed by atoms with Crippen LogP contribution >= 0.6 is 0 Å². The van der Waals surface area contributed by atoms with Gasteiger partial charge in [-0.15, -0.1) is 0 Å². The number of hydrogen-bond acceptors (Lipinski definition) is 4. The van der Waals surface area contributed by atoms with Crippen molar-refractivity contribution in [3.05, 3.63) is 36.8 Å². The number of aliphatic hydroxyl groups excluding tert-OH is 1. The zero-order valence-corrected chi connectivity index (χ0v) is 9.52. The first kappa shape index (κ1) is 14.5. The van der Waals surface area contributed by atoms with Gasteiger partial charge in [0.25, 0.3) is 0 Å². The van der Waals surface area contributed by atoms with Gasteiger partial charge in [-0.25, -0.2) is 4.79 Å². The molecule has 0 aliphatic rings. The molecule has 16 heavy (non-hydrogen) atoms. The van der Waals surface area contributed by atoms with Crippen LogP contribution in [0.1, 0.15) is 19.8 Å².